The van der Waals surface area contributed by atoms with Crippen molar-refractivity contribution in [3.63, 3.8) is 0 Å². The van der Waals surface area contributed by atoms with E-state index in [2.05, 4.69) is 15.3 Å². The first-order chi connectivity index (χ1) is 9.22. The van der Waals surface area contributed by atoms with Crippen molar-refractivity contribution in [2.75, 3.05) is 25.1 Å². The Hall–Kier alpha value is -1.89. The van der Waals surface area contributed by atoms with E-state index in [4.69, 9.17) is 9.84 Å². The summed E-state index contributed by atoms with van der Waals surface area (Å²) in [6, 6.07) is 0.247. The summed E-state index contributed by atoms with van der Waals surface area (Å²) >= 11 is 0. The number of ether oxygens (including phenoxy) is 1. The molecule has 1 aromatic heterocycles. The minimum absolute atomic E-state index is 0.247. The summed E-state index contributed by atoms with van der Waals surface area (Å²) in [6.45, 7) is 2.27. The predicted octanol–water partition coefficient (Wildman–Crippen LogP) is 0.713. The fourth-order valence-electron chi connectivity index (χ4n) is 2.37. The van der Waals surface area contributed by atoms with E-state index in [1.807, 2.05) is 0 Å². The van der Waals surface area contributed by atoms with Gasteiger partial charge in [-0.3, -0.25) is 0 Å². The fraction of sp³-hybridized carbons (Fsp3) is 0.583. The van der Waals surface area contributed by atoms with Gasteiger partial charge < -0.3 is 20.1 Å². The molecule has 1 atom stereocenters. The molecule has 2 N–H and O–H groups in total. The number of anilines is 1. The van der Waals surface area contributed by atoms with E-state index < -0.39 is 6.09 Å². The van der Waals surface area contributed by atoms with Crippen LogP contribution in [0.2, 0.25) is 0 Å². The molecule has 1 fully saturated rings. The first kappa shape index (κ1) is 12.2. The molecule has 2 aliphatic heterocycles. The van der Waals surface area contributed by atoms with Crippen molar-refractivity contribution >= 4 is 12.0 Å². The largest absolute Gasteiger partial charge is 0.465 e. The lowest BCUT2D eigenvalue weighted by Crippen LogP contribution is -2.35. The number of carboxylic acid groups (broad SMARTS) is 1. The second-order valence-electron chi connectivity index (χ2n) is 4.82. The zero-order valence-corrected chi connectivity index (χ0v) is 10.5. The summed E-state index contributed by atoms with van der Waals surface area (Å²) in [5.74, 6) is 0.557. The summed E-state index contributed by atoms with van der Waals surface area (Å²) in [5, 5.41) is 12.2. The van der Waals surface area contributed by atoms with Gasteiger partial charge in [-0.25, -0.2) is 14.8 Å². The molecule has 0 spiro atoms. The highest BCUT2D eigenvalue weighted by molar-refractivity contribution is 5.65. The number of fused-ring (bicyclic) bond motifs is 1. The van der Waals surface area contributed by atoms with Crippen LogP contribution in [0, 0.1) is 0 Å². The number of aromatic nitrogens is 2. The molecule has 0 aliphatic carbocycles. The van der Waals surface area contributed by atoms with Gasteiger partial charge >= 0.3 is 6.09 Å². The van der Waals surface area contributed by atoms with Gasteiger partial charge in [-0.05, 0) is 18.4 Å². The Morgan fingerprint density at radius 3 is 3.21 bits per heavy atom. The molecule has 1 amide bonds. The molecule has 2 aliphatic rings. The molecule has 7 nitrogen and oxygen atoms in total. The molecule has 7 heteroatoms. The zero-order valence-electron chi connectivity index (χ0n) is 10.5. The Labute approximate surface area is 110 Å². The average molecular weight is 264 g/mol. The molecule has 0 radical (unpaired) electrons. The Balaban J connectivity index is 1.74. The van der Waals surface area contributed by atoms with Crippen molar-refractivity contribution in [3.8, 4) is 0 Å². The van der Waals surface area contributed by atoms with Gasteiger partial charge in [0.25, 0.3) is 0 Å². The summed E-state index contributed by atoms with van der Waals surface area (Å²) in [6.07, 6.45) is 2.51. The number of nitrogens with one attached hydrogen (secondary N) is 1. The van der Waals surface area contributed by atoms with Crippen LogP contribution < -0.4 is 5.32 Å². The molecule has 0 bridgehead atoms. The van der Waals surface area contributed by atoms with E-state index in [1.54, 1.807) is 6.20 Å². The van der Waals surface area contributed by atoms with E-state index in [9.17, 15) is 4.79 Å². The first-order valence-corrected chi connectivity index (χ1v) is 6.39. The Morgan fingerprint density at radius 1 is 1.58 bits per heavy atom. The van der Waals surface area contributed by atoms with E-state index in [1.165, 1.54) is 4.90 Å². The molecular weight excluding hydrogens is 248 g/mol. The highest BCUT2D eigenvalue weighted by atomic mass is 16.5. The smallest absolute Gasteiger partial charge is 0.407 e. The Bertz CT molecular complexity index is 488. The van der Waals surface area contributed by atoms with Crippen LogP contribution in [0.15, 0.2) is 6.20 Å². The maximum atomic E-state index is 11.0. The molecule has 19 heavy (non-hydrogen) atoms. The average Bonchev–Trinajstić information content (AvgIpc) is 2.90. The van der Waals surface area contributed by atoms with E-state index in [-0.39, 0.29) is 6.04 Å². The van der Waals surface area contributed by atoms with Crippen LogP contribution in [-0.4, -0.2) is 51.9 Å². The number of carbonyl (C=O) groups is 1. The highest BCUT2D eigenvalue weighted by Crippen LogP contribution is 2.18. The third-order valence-electron chi connectivity index (χ3n) is 3.48. The van der Waals surface area contributed by atoms with E-state index in [0.717, 1.165) is 24.3 Å². The number of amides is 1. The van der Waals surface area contributed by atoms with Crippen LogP contribution >= 0.6 is 0 Å². The highest BCUT2D eigenvalue weighted by Gasteiger charge is 2.22. The summed E-state index contributed by atoms with van der Waals surface area (Å²) < 4.78 is 5.29. The monoisotopic (exact) mass is 264 g/mol. The third kappa shape index (κ3) is 2.60. The fourth-order valence-corrected chi connectivity index (χ4v) is 2.37. The Kier molecular flexibility index (Phi) is 3.20. The van der Waals surface area contributed by atoms with Crippen LogP contribution in [0.1, 0.15) is 17.7 Å². The van der Waals surface area contributed by atoms with Crippen molar-refractivity contribution in [2.24, 2.45) is 0 Å². The molecule has 102 valence electrons. The van der Waals surface area contributed by atoms with Gasteiger partial charge in [-0.15, -0.1) is 0 Å². The van der Waals surface area contributed by atoms with Crippen molar-refractivity contribution in [1.29, 1.82) is 0 Å². The molecule has 1 saturated heterocycles. The van der Waals surface area contributed by atoms with Crippen molar-refractivity contribution in [2.45, 2.75) is 25.4 Å². The second kappa shape index (κ2) is 5.00. The maximum Gasteiger partial charge on any atom is 0.407 e. The minimum atomic E-state index is -0.900. The SMILES string of the molecule is O=C(O)N1CCc2cnc(NC3CCOC3)nc2C1. The van der Waals surface area contributed by atoms with Crippen LogP contribution in [-0.2, 0) is 17.7 Å². The molecule has 1 unspecified atom stereocenters. The Morgan fingerprint density at radius 2 is 2.47 bits per heavy atom. The molecule has 3 rings (SSSR count). The standard InChI is InChI=1S/C12H16N4O3/c17-12(18)16-3-1-8-5-13-11(15-10(8)6-16)14-9-2-4-19-7-9/h5,9H,1-4,6-7H2,(H,17,18)(H,13,14,15). The number of nitrogens with zero attached hydrogens (tertiary/aromatic N) is 3. The van der Waals surface area contributed by atoms with Crippen molar-refractivity contribution in [3.05, 3.63) is 17.5 Å². The summed E-state index contributed by atoms with van der Waals surface area (Å²) in [4.78, 5) is 21.1. The van der Waals surface area contributed by atoms with Gasteiger partial charge in [0.15, 0.2) is 0 Å². The topological polar surface area (TPSA) is 87.6 Å². The van der Waals surface area contributed by atoms with Crippen molar-refractivity contribution in [1.82, 2.24) is 14.9 Å². The zero-order chi connectivity index (χ0) is 13.2. The van der Waals surface area contributed by atoms with E-state index >= 15 is 0 Å². The number of hydrogen-bond acceptors (Lipinski definition) is 5. The van der Waals surface area contributed by atoms with Gasteiger partial charge in [0.2, 0.25) is 5.95 Å². The van der Waals surface area contributed by atoms with Gasteiger partial charge in [-0.1, -0.05) is 0 Å². The van der Waals surface area contributed by atoms with Gasteiger partial charge in [0.1, 0.15) is 0 Å². The lowest BCUT2D eigenvalue weighted by molar-refractivity contribution is 0.139. The maximum absolute atomic E-state index is 11.0. The minimum Gasteiger partial charge on any atom is -0.465 e. The van der Waals surface area contributed by atoms with Crippen molar-refractivity contribution < 1.29 is 14.6 Å². The number of rotatable bonds is 2. The van der Waals surface area contributed by atoms with Gasteiger partial charge in [-0.2, -0.15) is 0 Å². The normalized spacial score (nSPS) is 22.1. The van der Waals surface area contributed by atoms with Crippen LogP contribution in [0.25, 0.3) is 0 Å². The van der Waals surface area contributed by atoms with Gasteiger partial charge in [0, 0.05) is 19.3 Å². The molecule has 0 saturated carbocycles. The van der Waals surface area contributed by atoms with Gasteiger partial charge in [0.05, 0.1) is 24.9 Å². The lowest BCUT2D eigenvalue weighted by atomic mass is 10.1. The van der Waals surface area contributed by atoms with Crippen LogP contribution in [0.3, 0.4) is 0 Å². The molecule has 0 aromatic carbocycles. The van der Waals surface area contributed by atoms with Crippen LogP contribution in [0.4, 0.5) is 10.7 Å². The first-order valence-electron chi connectivity index (χ1n) is 6.39. The summed E-state index contributed by atoms with van der Waals surface area (Å²) in [5.41, 5.74) is 1.83. The summed E-state index contributed by atoms with van der Waals surface area (Å²) in [7, 11) is 0. The predicted molar refractivity (Wildman–Crippen MR) is 67.0 cm³/mol. The van der Waals surface area contributed by atoms with Crippen LogP contribution in [0.5, 0.6) is 0 Å². The third-order valence-corrected chi connectivity index (χ3v) is 3.48. The quantitative estimate of drug-likeness (QED) is 0.818. The molecular formula is C12H16N4O3. The molecule has 3 heterocycles. The second-order valence-corrected chi connectivity index (χ2v) is 4.82. The number of hydrogen-bond donors (Lipinski definition) is 2. The lowest BCUT2D eigenvalue weighted by Gasteiger charge is -2.25. The van der Waals surface area contributed by atoms with E-state index in [0.29, 0.717) is 32.1 Å². The molecule has 1 aromatic rings.